The summed E-state index contributed by atoms with van der Waals surface area (Å²) in [7, 11) is 0. The number of carbonyl (C=O) groups is 2. The standard InChI is InChI=1S/C30H27N5O3S2/c36-27(13-14-33-15-17-38-18-16-33)31-35-29(37)26(40-30(35)39)19-22-20-34(23-9-2-1-3-10-23)32-28(22)25-12-6-8-21-7-4-5-11-24(21)25/h1-12,19-20H,13-18H2,(H,31,36). The van der Waals surface area contributed by atoms with Gasteiger partial charge in [-0.05, 0) is 41.2 Å². The van der Waals surface area contributed by atoms with Crippen molar-refractivity contribution in [2.45, 2.75) is 6.42 Å². The highest BCUT2D eigenvalue weighted by Crippen LogP contribution is 2.36. The zero-order valence-corrected chi connectivity index (χ0v) is 23.3. The fourth-order valence-corrected chi connectivity index (χ4v) is 5.99. The van der Waals surface area contributed by atoms with Gasteiger partial charge in [0.05, 0.1) is 23.8 Å². The SMILES string of the molecule is O=C(CCN1CCOCC1)NN1C(=O)C(=Cc2cn(-c3ccccc3)nc2-c2cccc3ccccc23)SC1=S. The molecule has 2 saturated heterocycles. The Bertz CT molecular complexity index is 1610. The molecule has 0 saturated carbocycles. The molecule has 2 aliphatic heterocycles. The molecule has 0 aliphatic carbocycles. The van der Waals surface area contributed by atoms with E-state index in [9.17, 15) is 9.59 Å². The van der Waals surface area contributed by atoms with E-state index in [1.165, 1.54) is 16.8 Å². The Kier molecular flexibility index (Phi) is 7.74. The van der Waals surface area contributed by atoms with Gasteiger partial charge in [0.2, 0.25) is 5.91 Å². The van der Waals surface area contributed by atoms with Crippen LogP contribution in [0.15, 0.2) is 83.9 Å². The highest BCUT2D eigenvalue weighted by atomic mass is 32.2. The van der Waals surface area contributed by atoms with Crippen LogP contribution >= 0.6 is 24.0 Å². The van der Waals surface area contributed by atoms with Crippen LogP contribution in [0.5, 0.6) is 0 Å². The zero-order valence-electron chi connectivity index (χ0n) is 21.7. The lowest BCUT2D eigenvalue weighted by atomic mass is 10.00. The molecule has 4 aromatic rings. The van der Waals surface area contributed by atoms with Crippen LogP contribution in [0, 0.1) is 0 Å². The molecule has 10 heteroatoms. The van der Waals surface area contributed by atoms with Gasteiger partial charge in [0.25, 0.3) is 5.91 Å². The van der Waals surface area contributed by atoms with Crippen molar-refractivity contribution in [2.24, 2.45) is 0 Å². The first kappa shape index (κ1) is 26.4. The van der Waals surface area contributed by atoms with Gasteiger partial charge in [0.1, 0.15) is 5.69 Å². The Morgan fingerprint density at radius 2 is 1.77 bits per heavy atom. The third-order valence-electron chi connectivity index (χ3n) is 6.88. The molecule has 3 aromatic carbocycles. The second-order valence-corrected chi connectivity index (χ2v) is 11.2. The molecule has 2 amide bonds. The largest absolute Gasteiger partial charge is 0.379 e. The van der Waals surface area contributed by atoms with Gasteiger partial charge in [0.15, 0.2) is 4.32 Å². The number of thioether (sulfide) groups is 1. The number of benzene rings is 3. The molecule has 8 nitrogen and oxygen atoms in total. The molecule has 0 atom stereocenters. The van der Waals surface area contributed by atoms with Gasteiger partial charge in [-0.1, -0.05) is 72.4 Å². The smallest absolute Gasteiger partial charge is 0.285 e. The second-order valence-electron chi connectivity index (χ2n) is 9.50. The average Bonchev–Trinajstić information content (AvgIpc) is 3.53. The summed E-state index contributed by atoms with van der Waals surface area (Å²) in [5.74, 6) is -0.608. The van der Waals surface area contributed by atoms with E-state index in [2.05, 4.69) is 28.5 Å². The number of aromatic nitrogens is 2. The number of morpholine rings is 1. The van der Waals surface area contributed by atoms with Crippen LogP contribution in [0.25, 0.3) is 33.8 Å². The molecule has 1 aromatic heterocycles. The first-order chi connectivity index (χ1) is 19.6. The summed E-state index contributed by atoms with van der Waals surface area (Å²) >= 11 is 6.64. The summed E-state index contributed by atoms with van der Waals surface area (Å²) in [6.45, 7) is 3.54. The van der Waals surface area contributed by atoms with Crippen LogP contribution in [0.1, 0.15) is 12.0 Å². The van der Waals surface area contributed by atoms with Gasteiger partial charge >= 0.3 is 0 Å². The number of fused-ring (bicyclic) bond motifs is 1. The van der Waals surface area contributed by atoms with Crippen molar-refractivity contribution in [1.82, 2.24) is 25.1 Å². The number of thiocarbonyl (C=S) groups is 1. The van der Waals surface area contributed by atoms with E-state index in [1.807, 2.05) is 71.6 Å². The first-order valence-corrected chi connectivity index (χ1v) is 14.3. The molecule has 0 radical (unpaired) electrons. The predicted octanol–water partition coefficient (Wildman–Crippen LogP) is 4.65. The van der Waals surface area contributed by atoms with Crippen molar-refractivity contribution in [3.05, 3.63) is 89.5 Å². The number of hydrogen-bond donors (Lipinski definition) is 1. The van der Waals surface area contributed by atoms with Gasteiger partial charge in [0, 0.05) is 43.4 Å². The Morgan fingerprint density at radius 3 is 2.60 bits per heavy atom. The quantitative estimate of drug-likeness (QED) is 0.257. The molecule has 2 fully saturated rings. The number of nitrogens with zero attached hydrogens (tertiary/aromatic N) is 4. The normalized spacial score (nSPS) is 17.2. The second kappa shape index (κ2) is 11.7. The van der Waals surface area contributed by atoms with Crippen molar-refractivity contribution in [1.29, 1.82) is 0 Å². The number of hydrazine groups is 1. The van der Waals surface area contributed by atoms with Gasteiger partial charge in [-0.25, -0.2) is 4.68 Å². The van der Waals surface area contributed by atoms with Crippen molar-refractivity contribution < 1.29 is 14.3 Å². The number of ether oxygens (including phenoxy) is 1. The lowest BCUT2D eigenvalue weighted by Crippen LogP contribution is -2.46. The number of rotatable bonds is 7. The maximum Gasteiger partial charge on any atom is 0.285 e. The van der Waals surface area contributed by atoms with Crippen LogP contribution in [0.2, 0.25) is 0 Å². The number of amides is 2. The number of para-hydroxylation sites is 1. The lowest BCUT2D eigenvalue weighted by Gasteiger charge is -2.26. The molecule has 202 valence electrons. The van der Waals surface area contributed by atoms with E-state index in [-0.39, 0.29) is 22.6 Å². The monoisotopic (exact) mass is 569 g/mol. The fourth-order valence-electron chi connectivity index (χ4n) is 4.82. The third-order valence-corrected chi connectivity index (χ3v) is 8.19. The van der Waals surface area contributed by atoms with Gasteiger partial charge < -0.3 is 4.74 Å². The lowest BCUT2D eigenvalue weighted by molar-refractivity contribution is -0.133. The molecule has 0 unspecified atom stereocenters. The molecular weight excluding hydrogens is 542 g/mol. The Morgan fingerprint density at radius 1 is 1.02 bits per heavy atom. The van der Waals surface area contributed by atoms with Crippen LogP contribution in [0.3, 0.4) is 0 Å². The molecule has 1 N–H and O–H groups in total. The molecule has 0 spiro atoms. The van der Waals surface area contributed by atoms with Crippen LogP contribution in [-0.2, 0) is 14.3 Å². The summed E-state index contributed by atoms with van der Waals surface area (Å²) in [5.41, 5.74) is 6.10. The van der Waals surface area contributed by atoms with E-state index in [0.717, 1.165) is 46.4 Å². The highest BCUT2D eigenvalue weighted by molar-refractivity contribution is 8.26. The molecule has 3 heterocycles. The first-order valence-electron chi connectivity index (χ1n) is 13.1. The minimum absolute atomic E-state index is 0.252. The summed E-state index contributed by atoms with van der Waals surface area (Å²) in [4.78, 5) is 28.6. The van der Waals surface area contributed by atoms with Crippen molar-refractivity contribution in [2.75, 3.05) is 32.8 Å². The van der Waals surface area contributed by atoms with E-state index >= 15 is 0 Å². The third kappa shape index (κ3) is 5.57. The summed E-state index contributed by atoms with van der Waals surface area (Å²) in [6, 6.07) is 24.1. The van der Waals surface area contributed by atoms with E-state index in [1.54, 1.807) is 0 Å². The minimum Gasteiger partial charge on any atom is -0.379 e. The zero-order chi connectivity index (χ0) is 27.5. The van der Waals surface area contributed by atoms with Gasteiger partial charge in [-0.2, -0.15) is 10.1 Å². The minimum atomic E-state index is -0.356. The molecule has 0 bridgehead atoms. The maximum absolute atomic E-state index is 13.4. The molecule has 40 heavy (non-hydrogen) atoms. The summed E-state index contributed by atoms with van der Waals surface area (Å²) < 4.78 is 7.47. The molecule has 2 aliphatic rings. The van der Waals surface area contributed by atoms with E-state index in [0.29, 0.717) is 24.7 Å². The predicted molar refractivity (Wildman–Crippen MR) is 162 cm³/mol. The summed E-state index contributed by atoms with van der Waals surface area (Å²) in [6.07, 6.45) is 3.99. The highest BCUT2D eigenvalue weighted by Gasteiger charge is 2.34. The fraction of sp³-hybridized carbons (Fsp3) is 0.200. The van der Waals surface area contributed by atoms with E-state index < -0.39 is 0 Å². The van der Waals surface area contributed by atoms with Gasteiger partial charge in [-0.3, -0.25) is 19.9 Å². The summed E-state index contributed by atoms with van der Waals surface area (Å²) in [5, 5.41) is 8.29. The average molecular weight is 570 g/mol. The maximum atomic E-state index is 13.4. The Hall–Kier alpha value is -3.83. The topological polar surface area (TPSA) is 79.7 Å². The number of nitrogens with one attached hydrogen (secondary N) is 1. The van der Waals surface area contributed by atoms with Crippen molar-refractivity contribution in [3.8, 4) is 16.9 Å². The van der Waals surface area contributed by atoms with Crippen molar-refractivity contribution >= 4 is 57.0 Å². The molecular formula is C30H27N5O3S2. The number of carbonyl (C=O) groups excluding carboxylic acids is 2. The van der Waals surface area contributed by atoms with Crippen LogP contribution in [0.4, 0.5) is 0 Å². The molecule has 6 rings (SSSR count). The van der Waals surface area contributed by atoms with Crippen LogP contribution < -0.4 is 5.43 Å². The Balaban J connectivity index is 1.29. The van der Waals surface area contributed by atoms with E-state index in [4.69, 9.17) is 22.1 Å². The Labute approximate surface area is 241 Å². The van der Waals surface area contributed by atoms with Gasteiger partial charge in [-0.15, -0.1) is 0 Å². The number of hydrogen-bond acceptors (Lipinski definition) is 7. The van der Waals surface area contributed by atoms with Crippen molar-refractivity contribution in [3.63, 3.8) is 0 Å². The van der Waals surface area contributed by atoms with Crippen LogP contribution in [-0.4, -0.2) is 68.7 Å².